The first-order valence-electron chi connectivity index (χ1n) is 5.04. The number of hydrogen-bond donors (Lipinski definition) is 1. The smallest absolute Gasteiger partial charge is 0.315 e. The Morgan fingerprint density at radius 3 is 2.53 bits per heavy atom. The zero-order valence-electron chi connectivity index (χ0n) is 9.95. The van der Waals surface area contributed by atoms with Crippen molar-refractivity contribution in [3.05, 3.63) is 16.3 Å². The molecule has 6 nitrogen and oxygen atoms in total. The number of carbonyl (C=O) groups is 1. The van der Waals surface area contributed by atoms with Crippen LogP contribution in [0.15, 0.2) is 0 Å². The van der Waals surface area contributed by atoms with Crippen LogP contribution in [0.2, 0.25) is 5.15 Å². The van der Waals surface area contributed by atoms with Gasteiger partial charge in [-0.2, -0.15) is 13.2 Å². The van der Waals surface area contributed by atoms with Gasteiger partial charge in [-0.05, 0) is 18.9 Å². The predicted octanol–water partition coefficient (Wildman–Crippen LogP) is 1.70. The Morgan fingerprint density at radius 1 is 1.47 bits per heavy atom. The lowest BCUT2D eigenvalue weighted by Gasteiger charge is -2.19. The molecule has 0 aliphatic carbocycles. The largest absolute Gasteiger partial charge is 0.493 e. The molecular weight excluding hydrogens is 289 g/mol. The van der Waals surface area contributed by atoms with E-state index in [0.29, 0.717) is 17.5 Å². The summed E-state index contributed by atoms with van der Waals surface area (Å²) in [6.07, 6.45) is -4.69. The van der Waals surface area contributed by atoms with E-state index in [1.807, 2.05) is 0 Å². The van der Waals surface area contributed by atoms with Crippen LogP contribution in [0.3, 0.4) is 0 Å². The quantitative estimate of drug-likeness (QED) is 0.676. The van der Waals surface area contributed by atoms with Crippen molar-refractivity contribution in [3.63, 3.8) is 0 Å². The maximum atomic E-state index is 12.0. The van der Waals surface area contributed by atoms with Crippen LogP contribution in [0.25, 0.3) is 0 Å². The molecule has 0 radical (unpaired) electrons. The fourth-order valence-corrected chi connectivity index (χ4v) is 1.63. The van der Waals surface area contributed by atoms with Crippen LogP contribution in [-0.4, -0.2) is 22.3 Å². The molecule has 0 bridgehead atoms. The van der Waals surface area contributed by atoms with Gasteiger partial charge in [-0.1, -0.05) is 18.5 Å². The van der Waals surface area contributed by atoms with Crippen molar-refractivity contribution >= 4 is 23.4 Å². The molecule has 0 amide bonds. The van der Waals surface area contributed by atoms with Gasteiger partial charge >= 0.3 is 12.1 Å². The van der Waals surface area contributed by atoms with E-state index in [-0.39, 0.29) is 16.1 Å². The highest BCUT2D eigenvalue weighted by atomic mass is 35.5. The van der Waals surface area contributed by atoms with E-state index in [0.717, 1.165) is 0 Å². The Bertz CT molecular complexity index is 495. The Morgan fingerprint density at radius 2 is 2.05 bits per heavy atom. The highest BCUT2D eigenvalue weighted by Gasteiger charge is 2.43. The summed E-state index contributed by atoms with van der Waals surface area (Å²) < 4.78 is 36.1. The topological polar surface area (TPSA) is 81.3 Å². The van der Waals surface area contributed by atoms with Gasteiger partial charge in [0, 0.05) is 5.56 Å². The molecule has 2 N–H and O–H groups in total. The minimum atomic E-state index is -5.15. The van der Waals surface area contributed by atoms with Crippen molar-refractivity contribution in [1.82, 2.24) is 10.2 Å². The molecule has 1 rings (SSSR count). The first-order valence-corrected chi connectivity index (χ1v) is 5.41. The third kappa shape index (κ3) is 3.44. The molecule has 0 aliphatic rings. The molecule has 0 aromatic carbocycles. The number of nitrogens with two attached hydrogens (primary N) is 1. The Balaban J connectivity index is 3.01. The molecule has 0 fully saturated rings. The van der Waals surface area contributed by atoms with E-state index in [1.54, 1.807) is 6.92 Å². The fraction of sp³-hybridized carbons (Fsp3) is 0.444. The Kier molecular flexibility index (Phi) is 4.53. The summed E-state index contributed by atoms with van der Waals surface area (Å²) in [6.45, 7) is 3.29. The normalized spacial score (nSPS) is 11.3. The van der Waals surface area contributed by atoms with Crippen LogP contribution in [0.1, 0.15) is 18.1 Å². The van der Waals surface area contributed by atoms with Gasteiger partial charge in [-0.25, -0.2) is 10.6 Å². The first-order chi connectivity index (χ1) is 8.68. The number of nitrogens with zero attached hydrogens (tertiary/aromatic N) is 3. The van der Waals surface area contributed by atoms with E-state index >= 15 is 0 Å². The fourth-order valence-electron chi connectivity index (χ4n) is 1.32. The van der Waals surface area contributed by atoms with Crippen molar-refractivity contribution in [2.75, 3.05) is 5.17 Å². The van der Waals surface area contributed by atoms with E-state index in [9.17, 15) is 18.0 Å². The van der Waals surface area contributed by atoms with Crippen molar-refractivity contribution < 1.29 is 22.8 Å². The number of aromatic nitrogens is 2. The van der Waals surface area contributed by atoms with Gasteiger partial charge in [0.25, 0.3) is 0 Å². The summed E-state index contributed by atoms with van der Waals surface area (Å²) in [6, 6.07) is 0. The second-order valence-electron chi connectivity index (χ2n) is 3.47. The number of rotatable bonds is 3. The Hall–Kier alpha value is -1.61. The SMILES string of the molecule is CCc1c(Cl)nnc(N(N)OC(=O)C(F)(F)F)c1C. The highest BCUT2D eigenvalue weighted by Crippen LogP contribution is 2.25. The molecule has 0 unspecified atom stereocenters. The van der Waals surface area contributed by atoms with Gasteiger partial charge in [0.1, 0.15) is 0 Å². The standard InChI is InChI=1S/C9H10ClF3N4O2/c1-3-5-4(2)7(16-15-6(5)10)17(14)19-8(18)9(11,12)13/h3,14H2,1-2H3. The molecule has 10 heteroatoms. The third-order valence-corrected chi connectivity index (χ3v) is 2.55. The van der Waals surface area contributed by atoms with Crippen LogP contribution in [0, 0.1) is 6.92 Å². The van der Waals surface area contributed by atoms with Gasteiger partial charge in [-0.15, -0.1) is 15.4 Å². The van der Waals surface area contributed by atoms with E-state index in [2.05, 4.69) is 15.0 Å². The maximum Gasteiger partial charge on any atom is 0.493 e. The average Bonchev–Trinajstić information content (AvgIpc) is 2.28. The van der Waals surface area contributed by atoms with Gasteiger partial charge in [0.15, 0.2) is 5.15 Å². The number of halogens is 4. The lowest BCUT2D eigenvalue weighted by atomic mass is 10.1. The monoisotopic (exact) mass is 298 g/mol. The number of alkyl halides is 3. The zero-order chi connectivity index (χ0) is 14.8. The molecular formula is C9H10ClF3N4O2. The summed E-state index contributed by atoms with van der Waals surface area (Å²) in [7, 11) is 0. The summed E-state index contributed by atoms with van der Waals surface area (Å²) >= 11 is 5.76. The van der Waals surface area contributed by atoms with Crippen LogP contribution in [0.5, 0.6) is 0 Å². The molecule has 1 aromatic rings. The van der Waals surface area contributed by atoms with E-state index < -0.39 is 12.1 Å². The molecule has 0 spiro atoms. The summed E-state index contributed by atoms with van der Waals surface area (Å²) in [4.78, 5) is 14.6. The number of carbonyl (C=O) groups excluding carboxylic acids is 1. The third-order valence-electron chi connectivity index (χ3n) is 2.24. The van der Waals surface area contributed by atoms with Crippen LogP contribution >= 0.6 is 11.6 Å². The molecule has 1 heterocycles. The minimum absolute atomic E-state index is 0.110. The van der Waals surface area contributed by atoms with E-state index in [4.69, 9.17) is 17.4 Å². The minimum Gasteiger partial charge on any atom is -0.315 e. The van der Waals surface area contributed by atoms with Crippen LogP contribution in [0.4, 0.5) is 19.0 Å². The first kappa shape index (κ1) is 15.4. The molecule has 0 saturated carbocycles. The van der Waals surface area contributed by atoms with Gasteiger partial charge < -0.3 is 4.84 Å². The summed E-state index contributed by atoms with van der Waals surface area (Å²) in [5, 5.41) is 7.25. The van der Waals surface area contributed by atoms with Gasteiger partial charge in [0.05, 0.1) is 0 Å². The van der Waals surface area contributed by atoms with Crippen LogP contribution in [-0.2, 0) is 16.1 Å². The van der Waals surface area contributed by atoms with Crippen molar-refractivity contribution in [3.8, 4) is 0 Å². The molecule has 1 aromatic heterocycles. The predicted molar refractivity (Wildman–Crippen MR) is 60.0 cm³/mol. The van der Waals surface area contributed by atoms with Crippen LogP contribution < -0.4 is 11.0 Å². The molecule has 0 atom stereocenters. The number of hydrogen-bond acceptors (Lipinski definition) is 6. The number of hydrazine groups is 1. The molecule has 106 valence electrons. The molecule has 0 saturated heterocycles. The zero-order valence-corrected chi connectivity index (χ0v) is 10.7. The van der Waals surface area contributed by atoms with Gasteiger partial charge in [-0.3, -0.25) is 0 Å². The van der Waals surface area contributed by atoms with E-state index in [1.165, 1.54) is 6.92 Å². The second kappa shape index (κ2) is 5.57. The Labute approximate surface area is 111 Å². The summed E-state index contributed by atoms with van der Waals surface area (Å²) in [5.41, 5.74) is 0.921. The van der Waals surface area contributed by atoms with Crippen molar-refractivity contribution in [2.45, 2.75) is 26.4 Å². The lowest BCUT2D eigenvalue weighted by molar-refractivity contribution is -0.201. The lowest BCUT2D eigenvalue weighted by Crippen LogP contribution is -2.40. The van der Waals surface area contributed by atoms with Crippen molar-refractivity contribution in [1.29, 1.82) is 0 Å². The average molecular weight is 299 g/mol. The second-order valence-corrected chi connectivity index (χ2v) is 3.83. The van der Waals surface area contributed by atoms with Gasteiger partial charge in [0.2, 0.25) is 5.82 Å². The van der Waals surface area contributed by atoms with Crippen molar-refractivity contribution in [2.24, 2.45) is 5.84 Å². The molecule has 0 aliphatic heterocycles. The number of anilines is 1. The highest BCUT2D eigenvalue weighted by molar-refractivity contribution is 6.30. The summed E-state index contributed by atoms with van der Waals surface area (Å²) in [5.74, 6) is 2.53. The molecule has 19 heavy (non-hydrogen) atoms. The maximum absolute atomic E-state index is 12.0.